The van der Waals surface area contributed by atoms with Crippen molar-refractivity contribution in [3.05, 3.63) is 34.9 Å². The Morgan fingerprint density at radius 3 is 2.69 bits per heavy atom. The summed E-state index contributed by atoms with van der Waals surface area (Å²) < 4.78 is 0. The van der Waals surface area contributed by atoms with E-state index < -0.39 is 0 Å². The van der Waals surface area contributed by atoms with Gasteiger partial charge in [-0.25, -0.2) is 0 Å². The van der Waals surface area contributed by atoms with Crippen LogP contribution in [-0.2, 0) is 0 Å². The molecule has 0 unspecified atom stereocenters. The van der Waals surface area contributed by atoms with E-state index in [0.717, 1.165) is 6.04 Å². The molecule has 1 aliphatic heterocycles. The molecule has 2 rings (SSSR count). The Morgan fingerprint density at radius 2 is 2.08 bits per heavy atom. The molecule has 0 radical (unpaired) electrons. The molecule has 1 aromatic carbocycles. The van der Waals surface area contributed by atoms with Gasteiger partial charge in [-0.3, -0.25) is 0 Å². The minimum absolute atomic E-state index is 0.735. The van der Waals surface area contributed by atoms with Crippen LogP contribution in [0.5, 0.6) is 0 Å². The third kappa shape index (κ3) is 1.75. The number of aryl methyl sites for hydroxylation is 2. The van der Waals surface area contributed by atoms with Crippen molar-refractivity contribution in [1.82, 2.24) is 0 Å². The second-order valence-electron chi connectivity index (χ2n) is 4.12. The summed E-state index contributed by atoms with van der Waals surface area (Å²) >= 11 is 0. The maximum absolute atomic E-state index is 2.46. The fourth-order valence-corrected chi connectivity index (χ4v) is 2.07. The lowest BCUT2D eigenvalue weighted by molar-refractivity contribution is -0.676. The largest absolute Gasteiger partial charge is 0.340 e. The molecule has 70 valence electrons. The normalized spacial score (nSPS) is 22.2. The SMILES string of the molecule is Cc1ccc([C@@H]2CCC[NH2+]2)cc1C. The molecule has 1 atom stereocenters. The Labute approximate surface area is 80.2 Å². The van der Waals surface area contributed by atoms with Gasteiger partial charge in [-0.15, -0.1) is 0 Å². The minimum atomic E-state index is 0.735. The topological polar surface area (TPSA) is 16.6 Å². The van der Waals surface area contributed by atoms with E-state index in [1.165, 1.54) is 36.1 Å². The third-order valence-corrected chi connectivity index (χ3v) is 3.13. The highest BCUT2D eigenvalue weighted by molar-refractivity contribution is 5.31. The van der Waals surface area contributed by atoms with E-state index in [9.17, 15) is 0 Å². The summed E-state index contributed by atoms with van der Waals surface area (Å²) in [4.78, 5) is 0. The highest BCUT2D eigenvalue weighted by atomic mass is 14.9. The first kappa shape index (κ1) is 8.76. The lowest BCUT2D eigenvalue weighted by Gasteiger charge is -2.09. The average Bonchev–Trinajstić information content (AvgIpc) is 2.62. The molecule has 0 aliphatic carbocycles. The molecule has 0 bridgehead atoms. The lowest BCUT2D eigenvalue weighted by Crippen LogP contribution is -2.81. The van der Waals surface area contributed by atoms with Crippen molar-refractivity contribution in [1.29, 1.82) is 0 Å². The molecule has 1 nitrogen and oxygen atoms in total. The van der Waals surface area contributed by atoms with Gasteiger partial charge in [0, 0.05) is 18.4 Å². The van der Waals surface area contributed by atoms with Crippen molar-refractivity contribution < 1.29 is 5.32 Å². The van der Waals surface area contributed by atoms with E-state index in [0.29, 0.717) is 0 Å². The Bertz CT molecular complexity index is 298. The van der Waals surface area contributed by atoms with Crippen molar-refractivity contribution >= 4 is 0 Å². The molecule has 1 aliphatic rings. The van der Waals surface area contributed by atoms with Crippen molar-refractivity contribution in [3.63, 3.8) is 0 Å². The molecule has 1 heterocycles. The first-order chi connectivity index (χ1) is 6.27. The van der Waals surface area contributed by atoms with Crippen molar-refractivity contribution in [2.24, 2.45) is 0 Å². The molecular weight excluding hydrogens is 158 g/mol. The molecule has 0 aromatic heterocycles. The van der Waals surface area contributed by atoms with Gasteiger partial charge >= 0.3 is 0 Å². The van der Waals surface area contributed by atoms with Gasteiger partial charge in [-0.2, -0.15) is 0 Å². The predicted molar refractivity (Wildman–Crippen MR) is 54.7 cm³/mol. The predicted octanol–water partition coefficient (Wildman–Crippen LogP) is 1.70. The molecular formula is C12H18N+. The smallest absolute Gasteiger partial charge is 0.112 e. The number of nitrogens with two attached hydrogens (primary N) is 1. The molecule has 0 spiro atoms. The first-order valence-electron chi connectivity index (χ1n) is 5.18. The number of hydrogen-bond donors (Lipinski definition) is 1. The fourth-order valence-electron chi connectivity index (χ4n) is 2.07. The molecule has 1 saturated heterocycles. The van der Waals surface area contributed by atoms with E-state index in [2.05, 4.69) is 37.4 Å². The summed E-state index contributed by atoms with van der Waals surface area (Å²) in [6, 6.07) is 7.62. The second kappa shape index (κ2) is 3.51. The van der Waals surface area contributed by atoms with Gasteiger partial charge in [-0.05, 0) is 31.0 Å². The molecule has 2 N–H and O–H groups in total. The van der Waals surface area contributed by atoms with Gasteiger partial charge in [0.25, 0.3) is 0 Å². The lowest BCUT2D eigenvalue weighted by atomic mass is 10.0. The summed E-state index contributed by atoms with van der Waals surface area (Å²) in [5.74, 6) is 0. The Balaban J connectivity index is 2.25. The summed E-state index contributed by atoms with van der Waals surface area (Å²) in [7, 11) is 0. The third-order valence-electron chi connectivity index (χ3n) is 3.13. The van der Waals surface area contributed by atoms with Crippen LogP contribution in [0.25, 0.3) is 0 Å². The standard InChI is InChI=1S/C12H17N/c1-9-5-6-11(8-10(9)2)12-4-3-7-13-12/h5-6,8,12-13H,3-4,7H2,1-2H3/p+1/t12-/m0/s1. The molecule has 13 heavy (non-hydrogen) atoms. The highest BCUT2D eigenvalue weighted by Gasteiger charge is 2.19. The van der Waals surface area contributed by atoms with Crippen LogP contribution in [0.2, 0.25) is 0 Å². The average molecular weight is 176 g/mol. The van der Waals surface area contributed by atoms with Gasteiger partial charge in [0.2, 0.25) is 0 Å². The van der Waals surface area contributed by atoms with Crippen molar-refractivity contribution in [2.45, 2.75) is 32.7 Å². The van der Waals surface area contributed by atoms with E-state index in [1.54, 1.807) is 0 Å². The molecule has 0 amide bonds. The number of rotatable bonds is 1. The zero-order valence-corrected chi connectivity index (χ0v) is 8.51. The minimum Gasteiger partial charge on any atom is -0.340 e. The Morgan fingerprint density at radius 1 is 1.23 bits per heavy atom. The van der Waals surface area contributed by atoms with Crippen LogP contribution >= 0.6 is 0 Å². The number of quaternary nitrogens is 1. The van der Waals surface area contributed by atoms with Gasteiger partial charge in [0.05, 0.1) is 6.54 Å². The van der Waals surface area contributed by atoms with Crippen LogP contribution < -0.4 is 5.32 Å². The van der Waals surface area contributed by atoms with E-state index in [1.807, 2.05) is 0 Å². The number of benzene rings is 1. The quantitative estimate of drug-likeness (QED) is 0.670. The summed E-state index contributed by atoms with van der Waals surface area (Å²) in [6.45, 7) is 5.68. The Kier molecular flexibility index (Phi) is 2.36. The molecule has 1 fully saturated rings. The van der Waals surface area contributed by atoms with Crippen LogP contribution in [0.15, 0.2) is 18.2 Å². The van der Waals surface area contributed by atoms with Crippen LogP contribution in [0, 0.1) is 13.8 Å². The van der Waals surface area contributed by atoms with E-state index in [4.69, 9.17) is 0 Å². The molecule has 1 aromatic rings. The summed E-state index contributed by atoms with van der Waals surface area (Å²) in [5, 5.41) is 2.46. The van der Waals surface area contributed by atoms with Gasteiger partial charge in [0.15, 0.2) is 0 Å². The van der Waals surface area contributed by atoms with Crippen molar-refractivity contribution in [3.8, 4) is 0 Å². The maximum Gasteiger partial charge on any atom is 0.112 e. The summed E-state index contributed by atoms with van der Waals surface area (Å²) in [5.41, 5.74) is 4.35. The zero-order chi connectivity index (χ0) is 9.26. The maximum atomic E-state index is 2.46. The zero-order valence-electron chi connectivity index (χ0n) is 8.51. The summed E-state index contributed by atoms with van der Waals surface area (Å²) in [6.07, 6.45) is 2.72. The van der Waals surface area contributed by atoms with E-state index in [-0.39, 0.29) is 0 Å². The van der Waals surface area contributed by atoms with Gasteiger partial charge in [0.1, 0.15) is 6.04 Å². The van der Waals surface area contributed by atoms with Gasteiger partial charge < -0.3 is 5.32 Å². The van der Waals surface area contributed by atoms with Gasteiger partial charge in [-0.1, -0.05) is 12.1 Å². The Hall–Kier alpha value is -0.820. The van der Waals surface area contributed by atoms with Crippen LogP contribution in [0.4, 0.5) is 0 Å². The van der Waals surface area contributed by atoms with Crippen LogP contribution in [0.1, 0.15) is 35.6 Å². The fraction of sp³-hybridized carbons (Fsp3) is 0.500. The molecule has 1 heteroatoms. The monoisotopic (exact) mass is 176 g/mol. The molecule has 0 saturated carbocycles. The highest BCUT2D eigenvalue weighted by Crippen LogP contribution is 2.19. The first-order valence-corrected chi connectivity index (χ1v) is 5.18. The number of hydrogen-bond acceptors (Lipinski definition) is 0. The second-order valence-corrected chi connectivity index (χ2v) is 4.12. The van der Waals surface area contributed by atoms with Crippen LogP contribution in [-0.4, -0.2) is 6.54 Å². The van der Waals surface area contributed by atoms with Crippen LogP contribution in [0.3, 0.4) is 0 Å². The van der Waals surface area contributed by atoms with E-state index >= 15 is 0 Å². The van der Waals surface area contributed by atoms with Crippen molar-refractivity contribution in [2.75, 3.05) is 6.54 Å².